The Morgan fingerprint density at radius 2 is 1.75 bits per heavy atom. The summed E-state index contributed by atoms with van der Waals surface area (Å²) in [5.41, 5.74) is 1.37. The SMILES string of the molecule is COc1ccc(OC)c(/C=C/C(=O)Nc2ccc(C(=O)O)cc2)c1. The van der Waals surface area contributed by atoms with Gasteiger partial charge < -0.3 is 19.9 Å². The number of carbonyl (C=O) groups is 2. The van der Waals surface area contributed by atoms with Gasteiger partial charge in [-0.15, -0.1) is 0 Å². The lowest BCUT2D eigenvalue weighted by molar-refractivity contribution is -0.111. The fraction of sp³-hybridized carbons (Fsp3) is 0.111. The normalized spacial score (nSPS) is 10.4. The average Bonchev–Trinajstić information content (AvgIpc) is 2.60. The number of amides is 1. The molecule has 0 radical (unpaired) electrons. The van der Waals surface area contributed by atoms with E-state index < -0.39 is 5.97 Å². The van der Waals surface area contributed by atoms with Crippen LogP contribution in [0.2, 0.25) is 0 Å². The summed E-state index contributed by atoms with van der Waals surface area (Å²) in [6, 6.07) is 11.2. The first-order valence-electron chi connectivity index (χ1n) is 7.08. The lowest BCUT2D eigenvalue weighted by Gasteiger charge is -2.07. The van der Waals surface area contributed by atoms with Crippen molar-refractivity contribution in [2.45, 2.75) is 0 Å². The van der Waals surface area contributed by atoms with E-state index in [-0.39, 0.29) is 11.5 Å². The molecule has 6 nitrogen and oxygen atoms in total. The molecule has 24 heavy (non-hydrogen) atoms. The fourth-order valence-electron chi connectivity index (χ4n) is 2.02. The Balaban J connectivity index is 2.08. The molecule has 0 saturated heterocycles. The number of ether oxygens (including phenoxy) is 2. The zero-order chi connectivity index (χ0) is 17.5. The van der Waals surface area contributed by atoms with Crippen molar-refractivity contribution in [1.82, 2.24) is 0 Å². The summed E-state index contributed by atoms with van der Waals surface area (Å²) in [7, 11) is 3.10. The van der Waals surface area contributed by atoms with Crippen molar-refractivity contribution < 1.29 is 24.2 Å². The minimum absolute atomic E-state index is 0.157. The van der Waals surface area contributed by atoms with Gasteiger partial charge in [-0.3, -0.25) is 4.79 Å². The quantitative estimate of drug-likeness (QED) is 0.797. The molecule has 0 fully saturated rings. The smallest absolute Gasteiger partial charge is 0.335 e. The molecular weight excluding hydrogens is 310 g/mol. The summed E-state index contributed by atoms with van der Waals surface area (Å²) in [6.07, 6.45) is 2.98. The van der Waals surface area contributed by atoms with Crippen molar-refractivity contribution in [3.63, 3.8) is 0 Å². The number of methoxy groups -OCH3 is 2. The molecule has 0 unspecified atom stereocenters. The van der Waals surface area contributed by atoms with Gasteiger partial charge in [0, 0.05) is 17.3 Å². The molecular formula is C18H17NO5. The van der Waals surface area contributed by atoms with E-state index in [9.17, 15) is 9.59 Å². The predicted molar refractivity (Wildman–Crippen MR) is 90.6 cm³/mol. The van der Waals surface area contributed by atoms with Crippen molar-refractivity contribution in [2.24, 2.45) is 0 Å². The molecule has 0 spiro atoms. The van der Waals surface area contributed by atoms with Gasteiger partial charge in [-0.2, -0.15) is 0 Å². The van der Waals surface area contributed by atoms with E-state index >= 15 is 0 Å². The number of carboxylic acid groups (broad SMARTS) is 1. The van der Waals surface area contributed by atoms with Gasteiger partial charge >= 0.3 is 5.97 Å². The zero-order valence-electron chi connectivity index (χ0n) is 13.3. The third-order valence-corrected chi connectivity index (χ3v) is 3.25. The number of aromatic carboxylic acids is 1. The first-order chi connectivity index (χ1) is 11.5. The first-order valence-corrected chi connectivity index (χ1v) is 7.08. The Labute approximate surface area is 139 Å². The molecule has 0 saturated carbocycles. The topological polar surface area (TPSA) is 84.9 Å². The molecule has 0 bridgehead atoms. The Hall–Kier alpha value is -3.28. The Kier molecular flexibility index (Phi) is 5.57. The van der Waals surface area contributed by atoms with E-state index in [0.717, 1.165) is 0 Å². The highest BCUT2D eigenvalue weighted by Crippen LogP contribution is 2.25. The number of nitrogens with one attached hydrogen (secondary N) is 1. The van der Waals surface area contributed by atoms with E-state index in [0.29, 0.717) is 22.7 Å². The number of carboxylic acids is 1. The largest absolute Gasteiger partial charge is 0.497 e. The van der Waals surface area contributed by atoms with Crippen molar-refractivity contribution in [2.75, 3.05) is 19.5 Å². The molecule has 0 atom stereocenters. The fourth-order valence-corrected chi connectivity index (χ4v) is 2.02. The highest BCUT2D eigenvalue weighted by Gasteiger charge is 2.05. The lowest BCUT2D eigenvalue weighted by Crippen LogP contribution is -2.08. The molecule has 2 rings (SSSR count). The maximum atomic E-state index is 12.0. The van der Waals surface area contributed by atoms with Crippen LogP contribution >= 0.6 is 0 Å². The van der Waals surface area contributed by atoms with Crippen LogP contribution in [0, 0.1) is 0 Å². The van der Waals surface area contributed by atoms with Gasteiger partial charge in [-0.1, -0.05) is 0 Å². The average molecular weight is 327 g/mol. The molecule has 2 aromatic carbocycles. The Bertz CT molecular complexity index is 765. The van der Waals surface area contributed by atoms with Crippen LogP contribution in [-0.2, 0) is 4.79 Å². The molecule has 0 aliphatic rings. The summed E-state index contributed by atoms with van der Waals surface area (Å²) in [4.78, 5) is 22.8. The molecule has 0 aliphatic heterocycles. The first kappa shape index (κ1) is 17.1. The van der Waals surface area contributed by atoms with E-state index in [4.69, 9.17) is 14.6 Å². The van der Waals surface area contributed by atoms with Gasteiger partial charge in [-0.25, -0.2) is 4.79 Å². The number of carbonyl (C=O) groups excluding carboxylic acids is 1. The van der Waals surface area contributed by atoms with Crippen LogP contribution in [-0.4, -0.2) is 31.2 Å². The zero-order valence-corrected chi connectivity index (χ0v) is 13.3. The monoisotopic (exact) mass is 327 g/mol. The Morgan fingerprint density at radius 1 is 1.04 bits per heavy atom. The van der Waals surface area contributed by atoms with E-state index in [1.54, 1.807) is 38.5 Å². The lowest BCUT2D eigenvalue weighted by atomic mass is 10.1. The minimum Gasteiger partial charge on any atom is -0.497 e. The number of hydrogen-bond donors (Lipinski definition) is 2. The summed E-state index contributed by atoms with van der Waals surface area (Å²) in [6.45, 7) is 0. The summed E-state index contributed by atoms with van der Waals surface area (Å²) in [5.74, 6) is -0.0911. The van der Waals surface area contributed by atoms with Crippen LogP contribution < -0.4 is 14.8 Å². The standard InChI is InChI=1S/C18H17NO5/c1-23-15-8-9-16(24-2)13(11-15)5-10-17(20)19-14-6-3-12(4-7-14)18(21)22/h3-11H,1-2H3,(H,19,20)(H,21,22)/b10-5+. The van der Waals surface area contributed by atoms with Crippen LogP contribution in [0.3, 0.4) is 0 Å². The third kappa shape index (κ3) is 4.36. The van der Waals surface area contributed by atoms with Crippen LogP contribution in [0.5, 0.6) is 11.5 Å². The van der Waals surface area contributed by atoms with Crippen molar-refractivity contribution >= 4 is 23.6 Å². The molecule has 0 aromatic heterocycles. The molecule has 2 N–H and O–H groups in total. The van der Waals surface area contributed by atoms with Crippen LogP contribution in [0.1, 0.15) is 15.9 Å². The summed E-state index contributed by atoms with van der Waals surface area (Å²) in [5, 5.41) is 11.5. The minimum atomic E-state index is -1.02. The van der Waals surface area contributed by atoms with Gasteiger partial charge in [-0.05, 0) is 48.5 Å². The second-order valence-electron chi connectivity index (χ2n) is 4.81. The number of anilines is 1. The van der Waals surface area contributed by atoms with Crippen LogP contribution in [0.4, 0.5) is 5.69 Å². The third-order valence-electron chi connectivity index (χ3n) is 3.25. The van der Waals surface area contributed by atoms with Crippen molar-refractivity contribution in [3.8, 4) is 11.5 Å². The molecule has 0 aliphatic carbocycles. The van der Waals surface area contributed by atoms with Crippen molar-refractivity contribution in [3.05, 3.63) is 59.7 Å². The molecule has 0 heterocycles. The Morgan fingerprint density at radius 3 is 2.33 bits per heavy atom. The number of hydrogen-bond acceptors (Lipinski definition) is 4. The van der Waals surface area contributed by atoms with Crippen LogP contribution in [0.25, 0.3) is 6.08 Å². The molecule has 6 heteroatoms. The highest BCUT2D eigenvalue weighted by atomic mass is 16.5. The van der Waals surface area contributed by atoms with Gasteiger partial charge in [0.1, 0.15) is 11.5 Å². The second kappa shape index (κ2) is 7.82. The molecule has 2 aromatic rings. The van der Waals surface area contributed by atoms with E-state index in [2.05, 4.69) is 5.32 Å². The maximum Gasteiger partial charge on any atom is 0.335 e. The summed E-state index contributed by atoms with van der Waals surface area (Å²) >= 11 is 0. The predicted octanol–water partition coefficient (Wildman–Crippen LogP) is 3.05. The highest BCUT2D eigenvalue weighted by molar-refractivity contribution is 6.02. The number of benzene rings is 2. The number of rotatable bonds is 6. The second-order valence-corrected chi connectivity index (χ2v) is 4.81. The van der Waals surface area contributed by atoms with Gasteiger partial charge in [0.25, 0.3) is 0 Å². The van der Waals surface area contributed by atoms with Gasteiger partial charge in [0.05, 0.1) is 19.8 Å². The van der Waals surface area contributed by atoms with Gasteiger partial charge in [0.2, 0.25) is 5.91 Å². The van der Waals surface area contributed by atoms with Crippen LogP contribution in [0.15, 0.2) is 48.5 Å². The van der Waals surface area contributed by atoms with E-state index in [1.807, 2.05) is 0 Å². The van der Waals surface area contributed by atoms with Gasteiger partial charge in [0.15, 0.2) is 0 Å². The maximum absolute atomic E-state index is 12.0. The van der Waals surface area contributed by atoms with E-state index in [1.165, 1.54) is 30.3 Å². The summed E-state index contributed by atoms with van der Waals surface area (Å²) < 4.78 is 10.4. The molecule has 124 valence electrons. The van der Waals surface area contributed by atoms with Crippen molar-refractivity contribution in [1.29, 1.82) is 0 Å². The molecule has 1 amide bonds.